The van der Waals surface area contributed by atoms with Crippen LogP contribution in [0.15, 0.2) is 6.20 Å². The van der Waals surface area contributed by atoms with Crippen molar-refractivity contribution in [1.29, 1.82) is 0 Å². The number of carboxylic acid groups (broad SMARTS) is 1. The van der Waals surface area contributed by atoms with Crippen LogP contribution in [0.2, 0.25) is 0 Å². The topological polar surface area (TPSA) is 67.2 Å². The number of hydrogen-bond acceptors (Lipinski definition) is 4. The lowest BCUT2D eigenvalue weighted by Gasteiger charge is -2.10. The van der Waals surface area contributed by atoms with Gasteiger partial charge in [-0.05, 0) is 6.92 Å². The van der Waals surface area contributed by atoms with Gasteiger partial charge >= 0.3 is 5.97 Å². The number of nitrogens with zero attached hydrogens (tertiary/aromatic N) is 2. The molecule has 6 heteroatoms. The first-order valence-corrected chi connectivity index (χ1v) is 5.73. The number of thioether (sulfide) groups is 1. The lowest BCUT2D eigenvalue weighted by atomic mass is 10.2. The van der Waals surface area contributed by atoms with E-state index in [2.05, 4.69) is 10.4 Å². The second-order valence-electron chi connectivity index (χ2n) is 3.58. The van der Waals surface area contributed by atoms with Crippen molar-refractivity contribution in [2.75, 3.05) is 5.75 Å². The number of aryl methyl sites for hydroxylation is 1. The van der Waals surface area contributed by atoms with E-state index in [-0.39, 0.29) is 5.37 Å². The van der Waals surface area contributed by atoms with Gasteiger partial charge in [-0.3, -0.25) is 14.8 Å². The molecule has 82 valence electrons. The Hall–Kier alpha value is -1.01. The third kappa shape index (κ3) is 1.87. The van der Waals surface area contributed by atoms with Crippen LogP contribution in [0, 0.1) is 6.92 Å². The monoisotopic (exact) mass is 227 g/mol. The summed E-state index contributed by atoms with van der Waals surface area (Å²) in [5.41, 5.74) is 2.15. The van der Waals surface area contributed by atoms with E-state index in [9.17, 15) is 4.79 Å². The van der Waals surface area contributed by atoms with Crippen molar-refractivity contribution >= 4 is 17.7 Å². The Kier molecular flexibility index (Phi) is 2.70. The van der Waals surface area contributed by atoms with Crippen molar-refractivity contribution in [3.05, 3.63) is 17.5 Å². The van der Waals surface area contributed by atoms with E-state index >= 15 is 0 Å². The zero-order valence-electron chi connectivity index (χ0n) is 8.60. The maximum Gasteiger partial charge on any atom is 0.321 e. The van der Waals surface area contributed by atoms with E-state index in [1.807, 2.05) is 14.0 Å². The Morgan fingerprint density at radius 2 is 2.53 bits per heavy atom. The van der Waals surface area contributed by atoms with Crippen molar-refractivity contribution in [1.82, 2.24) is 15.1 Å². The van der Waals surface area contributed by atoms with Crippen LogP contribution in [0.3, 0.4) is 0 Å². The minimum Gasteiger partial charge on any atom is -0.480 e. The van der Waals surface area contributed by atoms with Gasteiger partial charge in [-0.25, -0.2) is 0 Å². The average molecular weight is 227 g/mol. The molecule has 1 aromatic heterocycles. The highest BCUT2D eigenvalue weighted by Crippen LogP contribution is 2.34. The maximum absolute atomic E-state index is 10.8. The molecule has 0 saturated carbocycles. The van der Waals surface area contributed by atoms with Gasteiger partial charge in [-0.2, -0.15) is 5.10 Å². The number of hydrogen-bond donors (Lipinski definition) is 2. The summed E-state index contributed by atoms with van der Waals surface area (Å²) in [4.78, 5) is 10.8. The van der Waals surface area contributed by atoms with Crippen molar-refractivity contribution in [2.24, 2.45) is 7.05 Å². The molecule has 1 fully saturated rings. The molecule has 1 saturated heterocycles. The van der Waals surface area contributed by atoms with E-state index in [1.165, 1.54) is 0 Å². The van der Waals surface area contributed by atoms with Crippen LogP contribution in [0.4, 0.5) is 0 Å². The van der Waals surface area contributed by atoms with Crippen LogP contribution in [0.5, 0.6) is 0 Å². The third-order valence-electron chi connectivity index (χ3n) is 2.64. The van der Waals surface area contributed by atoms with Gasteiger partial charge < -0.3 is 5.11 Å². The molecule has 1 aliphatic heterocycles. The van der Waals surface area contributed by atoms with Gasteiger partial charge in [0.05, 0.1) is 11.6 Å². The summed E-state index contributed by atoms with van der Waals surface area (Å²) in [6, 6.07) is -0.445. The van der Waals surface area contributed by atoms with Crippen LogP contribution in [0.25, 0.3) is 0 Å². The largest absolute Gasteiger partial charge is 0.480 e. The van der Waals surface area contributed by atoms with Gasteiger partial charge in [0.15, 0.2) is 0 Å². The van der Waals surface area contributed by atoms with E-state index in [0.29, 0.717) is 5.75 Å². The molecule has 2 rings (SSSR count). The van der Waals surface area contributed by atoms with E-state index < -0.39 is 12.0 Å². The fourth-order valence-corrected chi connectivity index (χ4v) is 2.86. The number of carboxylic acids is 1. The standard InChI is InChI=1S/C9H13N3O2S/c1-5-6(3-10-12(5)2)8-11-7(4-15-8)9(13)14/h3,7-8,11H,4H2,1-2H3,(H,13,14). The molecule has 0 spiro atoms. The van der Waals surface area contributed by atoms with Gasteiger partial charge in [0.1, 0.15) is 6.04 Å². The lowest BCUT2D eigenvalue weighted by molar-refractivity contribution is -0.138. The average Bonchev–Trinajstić information content (AvgIpc) is 2.76. The van der Waals surface area contributed by atoms with E-state index in [0.717, 1.165) is 11.3 Å². The molecule has 1 aliphatic rings. The molecule has 15 heavy (non-hydrogen) atoms. The Balaban J connectivity index is 2.14. The molecule has 0 aromatic carbocycles. The van der Waals surface area contributed by atoms with Crippen LogP contribution in [0.1, 0.15) is 16.6 Å². The Bertz CT molecular complexity index is 391. The molecule has 0 amide bonds. The first kappa shape index (κ1) is 10.5. The number of aromatic nitrogens is 2. The first-order chi connectivity index (χ1) is 7.09. The van der Waals surface area contributed by atoms with Gasteiger partial charge in [0.2, 0.25) is 0 Å². The fourth-order valence-electron chi connectivity index (χ4n) is 1.57. The number of carbonyl (C=O) groups is 1. The summed E-state index contributed by atoms with van der Waals surface area (Å²) in [6.07, 6.45) is 1.80. The fraction of sp³-hybridized carbons (Fsp3) is 0.556. The molecular formula is C9H13N3O2S. The van der Waals surface area contributed by atoms with Crippen LogP contribution < -0.4 is 5.32 Å². The smallest absolute Gasteiger partial charge is 0.321 e. The van der Waals surface area contributed by atoms with Crippen LogP contribution in [-0.4, -0.2) is 32.7 Å². The molecule has 0 aliphatic carbocycles. The summed E-state index contributed by atoms with van der Waals surface area (Å²) in [6.45, 7) is 1.98. The number of rotatable bonds is 2. The Labute approximate surface area is 91.9 Å². The molecule has 2 unspecified atom stereocenters. The maximum atomic E-state index is 10.8. The molecule has 5 nitrogen and oxygen atoms in total. The summed E-state index contributed by atoms with van der Waals surface area (Å²) >= 11 is 1.61. The van der Waals surface area contributed by atoms with Crippen molar-refractivity contribution in [2.45, 2.75) is 18.3 Å². The normalized spacial score (nSPS) is 25.7. The Morgan fingerprint density at radius 1 is 1.80 bits per heavy atom. The highest BCUT2D eigenvalue weighted by molar-refractivity contribution is 7.99. The van der Waals surface area contributed by atoms with Crippen molar-refractivity contribution < 1.29 is 9.90 Å². The van der Waals surface area contributed by atoms with Crippen LogP contribution in [-0.2, 0) is 11.8 Å². The third-order valence-corrected chi connectivity index (χ3v) is 3.89. The summed E-state index contributed by atoms with van der Waals surface area (Å²) in [5, 5.41) is 16.1. The van der Waals surface area contributed by atoms with Gasteiger partial charge in [-0.15, -0.1) is 11.8 Å². The van der Waals surface area contributed by atoms with Gasteiger partial charge in [0.25, 0.3) is 0 Å². The van der Waals surface area contributed by atoms with E-state index in [4.69, 9.17) is 5.11 Å². The summed E-state index contributed by atoms with van der Waals surface area (Å²) < 4.78 is 1.80. The SMILES string of the molecule is Cc1c(C2NC(C(=O)O)CS2)cnn1C. The lowest BCUT2D eigenvalue weighted by Crippen LogP contribution is -2.33. The summed E-state index contributed by atoms with van der Waals surface area (Å²) in [5.74, 6) is -0.180. The predicted octanol–water partition coefficient (Wildman–Crippen LogP) is 0.517. The van der Waals surface area contributed by atoms with Gasteiger partial charge in [0, 0.05) is 24.1 Å². The molecule has 2 N–H and O–H groups in total. The van der Waals surface area contributed by atoms with Gasteiger partial charge in [-0.1, -0.05) is 0 Å². The molecule has 0 radical (unpaired) electrons. The number of nitrogens with one attached hydrogen (secondary N) is 1. The first-order valence-electron chi connectivity index (χ1n) is 4.68. The second-order valence-corrected chi connectivity index (χ2v) is 4.72. The molecular weight excluding hydrogens is 214 g/mol. The second kappa shape index (κ2) is 3.86. The Morgan fingerprint density at radius 3 is 3.00 bits per heavy atom. The minimum absolute atomic E-state index is 0.0554. The predicted molar refractivity (Wildman–Crippen MR) is 57.7 cm³/mol. The minimum atomic E-state index is -0.786. The van der Waals surface area contributed by atoms with E-state index in [1.54, 1.807) is 22.6 Å². The molecule has 1 aromatic rings. The van der Waals surface area contributed by atoms with Crippen molar-refractivity contribution in [3.63, 3.8) is 0 Å². The zero-order chi connectivity index (χ0) is 11.0. The molecule has 2 heterocycles. The van der Waals surface area contributed by atoms with Crippen molar-refractivity contribution in [3.8, 4) is 0 Å². The molecule has 0 bridgehead atoms. The molecule has 2 atom stereocenters. The summed E-state index contributed by atoms with van der Waals surface area (Å²) in [7, 11) is 1.88. The number of aliphatic carboxylic acids is 1. The zero-order valence-corrected chi connectivity index (χ0v) is 9.41. The highest BCUT2D eigenvalue weighted by atomic mass is 32.2. The highest BCUT2D eigenvalue weighted by Gasteiger charge is 2.31. The quantitative estimate of drug-likeness (QED) is 0.771. The van der Waals surface area contributed by atoms with Crippen LogP contribution >= 0.6 is 11.8 Å².